The highest BCUT2D eigenvalue weighted by molar-refractivity contribution is 6.02. The molecule has 3 amide bonds. The zero-order chi connectivity index (χ0) is 30.1. The zero-order valence-corrected chi connectivity index (χ0v) is 24.1. The molecule has 3 N–H and O–H groups in total. The molecule has 1 aliphatic carbocycles. The van der Waals surface area contributed by atoms with E-state index in [0.717, 1.165) is 38.5 Å². The first kappa shape index (κ1) is 30.7. The highest BCUT2D eigenvalue weighted by atomic mass is 16.5. The van der Waals surface area contributed by atoms with Crippen LogP contribution in [0, 0.1) is 12.8 Å². The number of hydrogen-bond donors (Lipinski definition) is 3. The molecule has 42 heavy (non-hydrogen) atoms. The fourth-order valence-electron chi connectivity index (χ4n) is 5.42. The van der Waals surface area contributed by atoms with Gasteiger partial charge in [0.05, 0.1) is 0 Å². The summed E-state index contributed by atoms with van der Waals surface area (Å²) >= 11 is 0. The third-order valence-electron chi connectivity index (χ3n) is 7.69. The highest BCUT2D eigenvalue weighted by Crippen LogP contribution is 2.21. The molecule has 2 fully saturated rings. The van der Waals surface area contributed by atoms with Gasteiger partial charge in [0.15, 0.2) is 5.69 Å². The van der Waals surface area contributed by atoms with Crippen molar-refractivity contribution in [3.63, 3.8) is 0 Å². The first-order chi connectivity index (χ1) is 20.2. The number of nitrogens with zero attached hydrogens (tertiary/aromatic N) is 2. The van der Waals surface area contributed by atoms with Crippen LogP contribution in [0.15, 0.2) is 45.9 Å². The van der Waals surface area contributed by atoms with Crippen LogP contribution < -0.4 is 21.5 Å². The average molecular weight is 582 g/mol. The quantitative estimate of drug-likeness (QED) is 0.207. The Balaban J connectivity index is 1.47. The molecule has 4 rings (SSSR count). The van der Waals surface area contributed by atoms with Gasteiger partial charge in [-0.3, -0.25) is 19.2 Å². The van der Waals surface area contributed by atoms with Crippen molar-refractivity contribution in [2.45, 2.75) is 89.8 Å². The van der Waals surface area contributed by atoms with E-state index < -0.39 is 35.4 Å². The number of amides is 3. The van der Waals surface area contributed by atoms with Crippen molar-refractivity contribution in [1.82, 2.24) is 20.4 Å². The van der Waals surface area contributed by atoms with Crippen LogP contribution in [-0.4, -0.2) is 52.1 Å². The summed E-state index contributed by atoms with van der Waals surface area (Å²) in [5.41, 5.74) is -0.563. The molecule has 3 heterocycles. The van der Waals surface area contributed by atoms with E-state index in [1.54, 1.807) is 26.0 Å². The van der Waals surface area contributed by atoms with Gasteiger partial charge in [0, 0.05) is 36.8 Å². The summed E-state index contributed by atoms with van der Waals surface area (Å²) in [6.45, 7) is 3.96. The van der Waals surface area contributed by atoms with Gasteiger partial charge in [-0.05, 0) is 64.0 Å². The molecule has 0 unspecified atom stereocenters. The lowest BCUT2D eigenvalue weighted by molar-refractivity contribution is -0.143. The van der Waals surface area contributed by atoms with Crippen molar-refractivity contribution in [3.8, 4) is 0 Å². The van der Waals surface area contributed by atoms with Crippen LogP contribution in [0.25, 0.3) is 0 Å². The fourth-order valence-corrected chi connectivity index (χ4v) is 5.42. The molecule has 2 aliphatic rings. The largest absolute Gasteiger partial charge is 0.459 e. The maximum atomic E-state index is 13.5. The number of pyridine rings is 1. The van der Waals surface area contributed by atoms with E-state index in [1.807, 2.05) is 0 Å². The van der Waals surface area contributed by atoms with Gasteiger partial charge in [-0.1, -0.05) is 31.0 Å². The van der Waals surface area contributed by atoms with Gasteiger partial charge < -0.3 is 29.8 Å². The topological polar surface area (TPSA) is 162 Å². The minimum absolute atomic E-state index is 0.0188. The lowest BCUT2D eigenvalue weighted by Gasteiger charge is -2.23. The Morgan fingerprint density at radius 3 is 2.60 bits per heavy atom. The number of hydrogen-bond acceptors (Lipinski definition) is 8. The van der Waals surface area contributed by atoms with Crippen molar-refractivity contribution in [3.05, 3.63) is 58.4 Å². The van der Waals surface area contributed by atoms with E-state index in [9.17, 15) is 24.0 Å². The number of rotatable bonds is 11. The number of nitrogens with one attached hydrogen (secondary N) is 3. The number of carbonyl (C=O) groups excluding carboxylic acids is 4. The first-order valence-electron chi connectivity index (χ1n) is 14.7. The van der Waals surface area contributed by atoms with Crippen molar-refractivity contribution in [1.29, 1.82) is 0 Å². The third-order valence-corrected chi connectivity index (χ3v) is 7.69. The molecular weight excluding hydrogens is 542 g/mol. The average Bonchev–Trinajstić information content (AvgIpc) is 3.49. The summed E-state index contributed by atoms with van der Waals surface area (Å²) in [6, 6.07) is 2.90. The second-order valence-electron chi connectivity index (χ2n) is 10.9. The molecule has 1 saturated heterocycles. The van der Waals surface area contributed by atoms with E-state index >= 15 is 0 Å². The van der Waals surface area contributed by atoms with Gasteiger partial charge in [0.1, 0.15) is 23.6 Å². The van der Waals surface area contributed by atoms with E-state index in [0.29, 0.717) is 25.1 Å². The van der Waals surface area contributed by atoms with Crippen LogP contribution in [0.3, 0.4) is 0 Å². The number of ether oxygens (including phenoxy) is 1. The summed E-state index contributed by atoms with van der Waals surface area (Å²) in [7, 11) is 0. The molecule has 1 saturated carbocycles. The summed E-state index contributed by atoms with van der Waals surface area (Å²) in [6.07, 6.45) is 11.4. The van der Waals surface area contributed by atoms with Crippen molar-refractivity contribution in [2.24, 2.45) is 5.92 Å². The minimum Gasteiger partial charge on any atom is -0.459 e. The van der Waals surface area contributed by atoms with Gasteiger partial charge in [-0.15, -0.1) is 0 Å². The predicted octanol–water partition coefficient (Wildman–Crippen LogP) is 3.18. The molecule has 12 heteroatoms. The van der Waals surface area contributed by atoms with Gasteiger partial charge in [-0.2, -0.15) is 0 Å². The number of carbonyl (C=O) groups is 4. The normalized spacial score (nSPS) is 19.1. The predicted molar refractivity (Wildman–Crippen MR) is 154 cm³/mol. The van der Waals surface area contributed by atoms with Gasteiger partial charge >= 0.3 is 5.97 Å². The molecule has 0 aromatic carbocycles. The first-order valence-corrected chi connectivity index (χ1v) is 14.7. The molecule has 3 atom stereocenters. The third kappa shape index (κ3) is 8.17. The number of anilines is 1. The zero-order valence-electron chi connectivity index (χ0n) is 24.1. The Labute approximate surface area is 244 Å². The Bertz CT molecular complexity index is 1360. The monoisotopic (exact) mass is 581 g/mol. The summed E-state index contributed by atoms with van der Waals surface area (Å²) in [5, 5.41) is 11.9. The molecular formula is C30H39N5O7. The summed E-state index contributed by atoms with van der Waals surface area (Å²) in [5.74, 6) is -1.52. The summed E-state index contributed by atoms with van der Waals surface area (Å²) in [4.78, 5) is 64.2. The van der Waals surface area contributed by atoms with Gasteiger partial charge in [0.2, 0.25) is 11.8 Å². The number of aromatic nitrogens is 2. The van der Waals surface area contributed by atoms with Crippen molar-refractivity contribution < 1.29 is 28.4 Å². The maximum Gasteiger partial charge on any atom is 0.330 e. The Morgan fingerprint density at radius 2 is 1.95 bits per heavy atom. The number of aryl methyl sites for hydroxylation is 1. The van der Waals surface area contributed by atoms with Crippen molar-refractivity contribution >= 4 is 29.4 Å². The molecule has 2 aromatic rings. The molecule has 2 aromatic heterocycles. The van der Waals surface area contributed by atoms with Crippen LogP contribution in [0.5, 0.6) is 0 Å². The molecule has 0 bridgehead atoms. The minimum atomic E-state index is -0.908. The SMILES string of the molecule is CC[C@@H](C(=O)N[C@H](/C=C/C(=O)OC1CCCCCC1)C[C@@H]1CCNC1=O)n1cccc(NC(=O)c2cc(C)on2)c1=O. The Morgan fingerprint density at radius 1 is 1.19 bits per heavy atom. The van der Waals surface area contributed by atoms with Gasteiger partial charge in [-0.25, -0.2) is 4.79 Å². The van der Waals surface area contributed by atoms with E-state index in [2.05, 4.69) is 21.1 Å². The highest BCUT2D eigenvalue weighted by Gasteiger charge is 2.29. The van der Waals surface area contributed by atoms with E-state index in [4.69, 9.17) is 9.26 Å². The van der Waals surface area contributed by atoms with Crippen molar-refractivity contribution in [2.75, 3.05) is 11.9 Å². The van der Waals surface area contributed by atoms with Crippen LogP contribution >= 0.6 is 0 Å². The molecule has 0 spiro atoms. The van der Waals surface area contributed by atoms with Crippen LogP contribution in [0.2, 0.25) is 0 Å². The summed E-state index contributed by atoms with van der Waals surface area (Å²) < 4.78 is 11.8. The van der Waals surface area contributed by atoms with E-state index in [1.165, 1.54) is 29.0 Å². The van der Waals surface area contributed by atoms with Crippen LogP contribution in [0.1, 0.15) is 87.0 Å². The smallest absolute Gasteiger partial charge is 0.330 e. The lowest BCUT2D eigenvalue weighted by Crippen LogP contribution is -2.43. The van der Waals surface area contributed by atoms with Crippen LogP contribution in [-0.2, 0) is 19.1 Å². The second kappa shape index (κ2) is 14.6. The molecule has 226 valence electrons. The number of esters is 1. The molecule has 12 nitrogen and oxygen atoms in total. The second-order valence-corrected chi connectivity index (χ2v) is 10.9. The Kier molecular flexibility index (Phi) is 10.7. The molecule has 0 radical (unpaired) electrons. The van der Waals surface area contributed by atoms with E-state index in [-0.39, 0.29) is 35.7 Å². The Hall–Kier alpha value is -4.22. The fraction of sp³-hybridized carbons (Fsp3) is 0.533. The van der Waals surface area contributed by atoms with Crippen LogP contribution in [0.4, 0.5) is 5.69 Å². The van der Waals surface area contributed by atoms with Gasteiger partial charge in [0.25, 0.3) is 11.5 Å². The lowest BCUT2D eigenvalue weighted by atomic mass is 9.97. The standard InChI is InChI=1S/C30H39N5O7/c1-3-25(35-16-8-11-23(30(35)40)33-28(38)24-17-19(2)42-34-24)29(39)32-21(18-20-14-15-31-27(20)37)12-13-26(36)41-22-9-6-4-5-7-10-22/h8,11-13,16-17,20-22,25H,3-7,9-10,14-15,18H2,1-2H3,(H,31,37)(H,32,39)(H,33,38)/b13-12+/t20-,21+,25-/m0/s1. The maximum absolute atomic E-state index is 13.5. The molecule has 1 aliphatic heterocycles.